The molecule has 3 N–H and O–H groups in total. The molecule has 0 aliphatic carbocycles. The van der Waals surface area contributed by atoms with Crippen molar-refractivity contribution in [3.05, 3.63) is 58.6 Å². The van der Waals surface area contributed by atoms with E-state index < -0.39 is 0 Å². The van der Waals surface area contributed by atoms with E-state index in [9.17, 15) is 0 Å². The van der Waals surface area contributed by atoms with Crippen LogP contribution in [0.3, 0.4) is 0 Å². The van der Waals surface area contributed by atoms with E-state index in [4.69, 9.17) is 26.2 Å². The molecule has 0 saturated heterocycles. The first-order chi connectivity index (χ1) is 11.2. The Morgan fingerprint density at radius 2 is 1.91 bits per heavy atom. The molecule has 0 spiro atoms. The second kappa shape index (κ2) is 9.40. The van der Waals surface area contributed by atoms with Gasteiger partial charge in [-0.1, -0.05) is 29.8 Å². The zero-order chi connectivity index (χ0) is 16.5. The van der Waals surface area contributed by atoms with Crippen LogP contribution in [0, 0.1) is 0 Å². The Hall–Kier alpha value is -1.75. The summed E-state index contributed by atoms with van der Waals surface area (Å²) in [6.07, 6.45) is 0. The molecule has 23 heavy (non-hydrogen) atoms. The summed E-state index contributed by atoms with van der Waals surface area (Å²) in [7, 11) is 0. The molecule has 2 aromatic rings. The lowest BCUT2D eigenvalue weighted by Gasteiger charge is -2.13. The molecule has 0 bridgehead atoms. The summed E-state index contributed by atoms with van der Waals surface area (Å²) < 4.78 is 11.6. The van der Waals surface area contributed by atoms with Gasteiger partial charge < -0.3 is 19.9 Å². The first-order valence-electron chi connectivity index (χ1n) is 7.79. The van der Waals surface area contributed by atoms with E-state index in [0.717, 1.165) is 23.4 Å². The molecule has 0 aromatic heterocycles. The van der Waals surface area contributed by atoms with Crippen molar-refractivity contribution >= 4 is 11.6 Å². The molecule has 124 valence electrons. The van der Waals surface area contributed by atoms with Gasteiger partial charge in [0.15, 0.2) is 11.5 Å². The number of hydrogen-bond acceptors (Lipinski definition) is 3. The molecular formula is C18H23ClNO3+. The lowest BCUT2D eigenvalue weighted by molar-refractivity contribution is -0.671. The van der Waals surface area contributed by atoms with E-state index in [1.54, 1.807) is 0 Å². The number of quaternary nitrogens is 1. The van der Waals surface area contributed by atoms with Crippen LogP contribution in [0.4, 0.5) is 0 Å². The second-order valence-electron chi connectivity index (χ2n) is 5.10. The Bertz CT molecular complexity index is 619. The van der Waals surface area contributed by atoms with Crippen LogP contribution in [-0.4, -0.2) is 24.9 Å². The minimum Gasteiger partial charge on any atom is -0.490 e. The van der Waals surface area contributed by atoms with Crippen molar-refractivity contribution in [1.29, 1.82) is 0 Å². The molecular weight excluding hydrogens is 314 g/mol. The van der Waals surface area contributed by atoms with Gasteiger partial charge in [0.05, 0.1) is 19.8 Å². The van der Waals surface area contributed by atoms with Crippen molar-refractivity contribution in [1.82, 2.24) is 0 Å². The molecule has 0 saturated carbocycles. The number of hydrogen-bond donors (Lipinski definition) is 2. The third kappa shape index (κ3) is 5.43. The Kier molecular flexibility index (Phi) is 7.20. The average molecular weight is 337 g/mol. The lowest BCUT2D eigenvalue weighted by Crippen LogP contribution is -2.83. The van der Waals surface area contributed by atoms with E-state index in [0.29, 0.717) is 30.5 Å². The zero-order valence-corrected chi connectivity index (χ0v) is 14.1. The quantitative estimate of drug-likeness (QED) is 0.691. The predicted octanol–water partition coefficient (Wildman–Crippen LogP) is 2.37. The third-order valence-corrected chi connectivity index (χ3v) is 3.73. The van der Waals surface area contributed by atoms with Crippen molar-refractivity contribution in [2.75, 3.05) is 19.8 Å². The first kappa shape index (κ1) is 17.6. The van der Waals surface area contributed by atoms with Crippen LogP contribution in [0.5, 0.6) is 11.5 Å². The molecule has 2 rings (SSSR count). The molecule has 0 unspecified atom stereocenters. The van der Waals surface area contributed by atoms with E-state index >= 15 is 0 Å². The zero-order valence-electron chi connectivity index (χ0n) is 13.3. The summed E-state index contributed by atoms with van der Waals surface area (Å²) in [6.45, 7) is 4.59. The maximum Gasteiger partial charge on any atom is 0.161 e. The third-order valence-electron chi connectivity index (χ3n) is 3.36. The van der Waals surface area contributed by atoms with Crippen molar-refractivity contribution < 1.29 is 19.9 Å². The molecule has 0 aliphatic rings. The highest BCUT2D eigenvalue weighted by atomic mass is 35.5. The fourth-order valence-electron chi connectivity index (χ4n) is 2.20. The normalized spacial score (nSPS) is 10.6. The fourth-order valence-corrected chi connectivity index (χ4v) is 2.39. The van der Waals surface area contributed by atoms with Crippen LogP contribution in [0.15, 0.2) is 42.5 Å². The van der Waals surface area contributed by atoms with Crippen molar-refractivity contribution in [2.24, 2.45) is 0 Å². The molecule has 0 aliphatic heterocycles. The number of halogens is 1. The summed E-state index contributed by atoms with van der Waals surface area (Å²) >= 11 is 6.15. The van der Waals surface area contributed by atoms with E-state index in [1.165, 1.54) is 0 Å². The van der Waals surface area contributed by atoms with Crippen LogP contribution in [-0.2, 0) is 13.2 Å². The highest BCUT2D eigenvalue weighted by Gasteiger charge is 2.09. The van der Waals surface area contributed by atoms with Gasteiger partial charge in [0.25, 0.3) is 0 Å². The maximum absolute atomic E-state index is 8.84. The predicted molar refractivity (Wildman–Crippen MR) is 91.0 cm³/mol. The summed E-state index contributed by atoms with van der Waals surface area (Å²) in [5, 5.41) is 11.6. The van der Waals surface area contributed by atoms with Gasteiger partial charge in [0.1, 0.15) is 13.2 Å². The highest BCUT2D eigenvalue weighted by molar-refractivity contribution is 6.31. The van der Waals surface area contributed by atoms with Crippen molar-refractivity contribution in [2.45, 2.75) is 20.1 Å². The van der Waals surface area contributed by atoms with E-state index in [-0.39, 0.29) is 6.61 Å². The lowest BCUT2D eigenvalue weighted by atomic mass is 10.2. The molecule has 2 aromatic carbocycles. The van der Waals surface area contributed by atoms with Gasteiger partial charge in [-0.2, -0.15) is 0 Å². The molecule has 0 heterocycles. The number of nitrogens with two attached hydrogens (primary N) is 1. The monoisotopic (exact) mass is 336 g/mol. The minimum atomic E-state index is 0.178. The largest absolute Gasteiger partial charge is 0.490 e. The SMILES string of the molecule is CCOc1cc(C[NH2+]CCO)ccc1OCc1ccccc1Cl. The van der Waals surface area contributed by atoms with Gasteiger partial charge in [-0.15, -0.1) is 0 Å². The Morgan fingerprint density at radius 3 is 2.65 bits per heavy atom. The first-order valence-corrected chi connectivity index (χ1v) is 8.16. The molecule has 0 amide bonds. The molecule has 0 fully saturated rings. The summed E-state index contributed by atoms with van der Waals surface area (Å²) in [5.41, 5.74) is 2.07. The topological polar surface area (TPSA) is 55.3 Å². The Morgan fingerprint density at radius 1 is 1.09 bits per heavy atom. The Balaban J connectivity index is 2.06. The van der Waals surface area contributed by atoms with E-state index in [2.05, 4.69) is 5.32 Å². The summed E-state index contributed by atoms with van der Waals surface area (Å²) in [4.78, 5) is 0. The molecule has 5 heteroatoms. The van der Waals surface area contributed by atoms with Gasteiger partial charge >= 0.3 is 0 Å². The smallest absolute Gasteiger partial charge is 0.161 e. The van der Waals surface area contributed by atoms with Crippen LogP contribution in [0.25, 0.3) is 0 Å². The van der Waals surface area contributed by atoms with E-state index in [1.807, 2.05) is 49.4 Å². The average Bonchev–Trinajstić information content (AvgIpc) is 2.56. The number of rotatable bonds is 9. The number of aliphatic hydroxyl groups excluding tert-OH is 1. The number of benzene rings is 2. The van der Waals surface area contributed by atoms with Crippen LogP contribution >= 0.6 is 11.6 Å². The fraction of sp³-hybridized carbons (Fsp3) is 0.333. The minimum absolute atomic E-state index is 0.178. The van der Waals surface area contributed by atoms with Gasteiger partial charge in [0.2, 0.25) is 0 Å². The highest BCUT2D eigenvalue weighted by Crippen LogP contribution is 2.29. The molecule has 0 atom stereocenters. The second-order valence-corrected chi connectivity index (χ2v) is 5.51. The standard InChI is InChI=1S/C18H22ClNO3/c1-2-22-18-11-14(12-20-9-10-21)7-8-17(18)23-13-15-5-3-4-6-16(15)19/h3-8,11,20-21H,2,9-10,12-13H2,1H3/p+1. The summed E-state index contributed by atoms with van der Waals surface area (Å²) in [5.74, 6) is 1.44. The maximum atomic E-state index is 8.84. The van der Waals surface area contributed by atoms with Crippen LogP contribution in [0.2, 0.25) is 5.02 Å². The van der Waals surface area contributed by atoms with Crippen LogP contribution < -0.4 is 14.8 Å². The Labute approximate surface area is 142 Å². The van der Waals surface area contributed by atoms with Crippen molar-refractivity contribution in [3.8, 4) is 11.5 Å². The van der Waals surface area contributed by atoms with Gasteiger partial charge in [-0.3, -0.25) is 0 Å². The van der Waals surface area contributed by atoms with Gasteiger partial charge in [0, 0.05) is 16.1 Å². The summed E-state index contributed by atoms with van der Waals surface area (Å²) in [6, 6.07) is 13.6. The van der Waals surface area contributed by atoms with Gasteiger partial charge in [-0.25, -0.2) is 0 Å². The molecule has 0 radical (unpaired) electrons. The number of ether oxygens (including phenoxy) is 2. The van der Waals surface area contributed by atoms with Gasteiger partial charge in [-0.05, 0) is 31.2 Å². The number of aliphatic hydroxyl groups is 1. The van der Waals surface area contributed by atoms with Crippen molar-refractivity contribution in [3.63, 3.8) is 0 Å². The van der Waals surface area contributed by atoms with Crippen LogP contribution in [0.1, 0.15) is 18.1 Å². The molecule has 4 nitrogen and oxygen atoms in total.